The van der Waals surface area contributed by atoms with Crippen molar-refractivity contribution in [2.75, 3.05) is 19.5 Å². The van der Waals surface area contributed by atoms with Crippen LogP contribution in [0.5, 0.6) is 5.75 Å². The minimum Gasteiger partial charge on any atom is -0.496 e. The largest absolute Gasteiger partial charge is 0.496 e. The molecule has 0 saturated carbocycles. The highest BCUT2D eigenvalue weighted by molar-refractivity contribution is 6.03. The maximum absolute atomic E-state index is 13.8. The summed E-state index contributed by atoms with van der Waals surface area (Å²) in [5.41, 5.74) is 3.01. The number of fused-ring (bicyclic) bond motifs is 1. The molecule has 1 N–H and O–H groups in total. The van der Waals surface area contributed by atoms with Gasteiger partial charge in [0.1, 0.15) is 17.4 Å². The van der Waals surface area contributed by atoms with Gasteiger partial charge in [0.05, 0.1) is 18.0 Å². The van der Waals surface area contributed by atoms with Crippen LogP contribution in [-0.4, -0.2) is 29.1 Å². The van der Waals surface area contributed by atoms with Gasteiger partial charge in [0.2, 0.25) is 0 Å². The number of anilines is 1. The number of rotatable bonds is 4. The van der Waals surface area contributed by atoms with Crippen molar-refractivity contribution in [1.82, 2.24) is 15.0 Å². The van der Waals surface area contributed by atoms with Crippen molar-refractivity contribution in [2.24, 2.45) is 0 Å². The van der Waals surface area contributed by atoms with Gasteiger partial charge in [-0.15, -0.1) is 0 Å². The number of halogens is 1. The standard InChI is InChI=1S/C21H17FN4O/c1-23-21-18-17(27-2)9-8-16(13-5-3-7-15(22)11-13)19(18)25-20(26-21)14-6-4-10-24-12-14/h3-12H,1-2H3,(H,23,25,26). The van der Waals surface area contributed by atoms with E-state index in [1.807, 2.05) is 30.3 Å². The summed E-state index contributed by atoms with van der Waals surface area (Å²) in [4.78, 5) is 13.6. The third kappa shape index (κ3) is 3.06. The Labute approximate surface area is 155 Å². The molecule has 6 heteroatoms. The highest BCUT2D eigenvalue weighted by Gasteiger charge is 2.17. The van der Waals surface area contributed by atoms with Crippen molar-refractivity contribution in [3.63, 3.8) is 0 Å². The summed E-state index contributed by atoms with van der Waals surface area (Å²) >= 11 is 0. The smallest absolute Gasteiger partial charge is 0.163 e. The highest BCUT2D eigenvalue weighted by Crippen LogP contribution is 2.38. The quantitative estimate of drug-likeness (QED) is 0.579. The van der Waals surface area contributed by atoms with Gasteiger partial charge < -0.3 is 10.1 Å². The lowest BCUT2D eigenvalue weighted by Crippen LogP contribution is -2.01. The normalized spacial score (nSPS) is 10.8. The average molecular weight is 360 g/mol. The molecule has 2 heterocycles. The van der Waals surface area contributed by atoms with Crippen molar-refractivity contribution in [3.05, 3.63) is 66.7 Å². The molecule has 134 valence electrons. The fraction of sp³-hybridized carbons (Fsp3) is 0.0952. The number of methoxy groups -OCH3 is 1. The number of hydrogen-bond donors (Lipinski definition) is 1. The van der Waals surface area contributed by atoms with E-state index < -0.39 is 0 Å². The Kier molecular flexibility index (Phi) is 4.38. The first-order valence-electron chi connectivity index (χ1n) is 8.44. The van der Waals surface area contributed by atoms with Crippen molar-refractivity contribution < 1.29 is 9.13 Å². The zero-order chi connectivity index (χ0) is 18.8. The van der Waals surface area contributed by atoms with Crippen LogP contribution in [0.25, 0.3) is 33.4 Å². The van der Waals surface area contributed by atoms with Crippen molar-refractivity contribution in [2.45, 2.75) is 0 Å². The molecule has 0 saturated heterocycles. The molecule has 0 unspecified atom stereocenters. The second-order valence-corrected chi connectivity index (χ2v) is 5.94. The zero-order valence-corrected chi connectivity index (χ0v) is 14.9. The summed E-state index contributed by atoms with van der Waals surface area (Å²) in [6.07, 6.45) is 3.41. The number of nitrogens with zero attached hydrogens (tertiary/aromatic N) is 3. The molecule has 4 rings (SSSR count). The van der Waals surface area contributed by atoms with Crippen LogP contribution in [0.1, 0.15) is 0 Å². The molecule has 0 spiro atoms. The molecule has 0 aliphatic heterocycles. The Morgan fingerprint density at radius 1 is 1.00 bits per heavy atom. The molecule has 27 heavy (non-hydrogen) atoms. The minimum atomic E-state index is -0.299. The Bertz CT molecular complexity index is 1120. The number of ether oxygens (including phenoxy) is 1. The van der Waals surface area contributed by atoms with Gasteiger partial charge in [-0.1, -0.05) is 12.1 Å². The Morgan fingerprint density at radius 2 is 1.85 bits per heavy atom. The molecule has 0 fully saturated rings. The summed E-state index contributed by atoms with van der Waals surface area (Å²) in [6.45, 7) is 0. The fourth-order valence-electron chi connectivity index (χ4n) is 3.07. The second kappa shape index (κ2) is 6.99. The molecular weight excluding hydrogens is 343 g/mol. The lowest BCUT2D eigenvalue weighted by Gasteiger charge is -2.14. The topological polar surface area (TPSA) is 59.9 Å². The number of benzene rings is 2. The number of nitrogens with one attached hydrogen (secondary N) is 1. The summed E-state index contributed by atoms with van der Waals surface area (Å²) in [5, 5.41) is 3.86. The van der Waals surface area contributed by atoms with E-state index in [2.05, 4.69) is 15.3 Å². The highest BCUT2D eigenvalue weighted by atomic mass is 19.1. The van der Waals surface area contributed by atoms with E-state index in [0.717, 1.165) is 22.1 Å². The molecular formula is C21H17FN4O. The molecule has 0 bridgehead atoms. The minimum absolute atomic E-state index is 0.299. The third-order valence-electron chi connectivity index (χ3n) is 4.32. The number of hydrogen-bond acceptors (Lipinski definition) is 5. The predicted octanol–water partition coefficient (Wildman–Crippen LogP) is 4.55. The van der Waals surface area contributed by atoms with Gasteiger partial charge in [-0.2, -0.15) is 0 Å². The molecule has 2 aromatic heterocycles. The van der Waals surface area contributed by atoms with Crippen LogP contribution in [0.2, 0.25) is 0 Å². The van der Waals surface area contributed by atoms with Crippen molar-refractivity contribution in [1.29, 1.82) is 0 Å². The fourth-order valence-corrected chi connectivity index (χ4v) is 3.07. The van der Waals surface area contributed by atoms with E-state index in [1.165, 1.54) is 12.1 Å². The monoisotopic (exact) mass is 360 g/mol. The maximum Gasteiger partial charge on any atom is 0.163 e. The van der Waals surface area contributed by atoms with E-state index in [9.17, 15) is 4.39 Å². The first-order chi connectivity index (χ1) is 13.2. The van der Waals surface area contributed by atoms with Crippen LogP contribution in [0.3, 0.4) is 0 Å². The molecule has 0 atom stereocenters. The van der Waals surface area contributed by atoms with E-state index in [-0.39, 0.29) is 5.82 Å². The van der Waals surface area contributed by atoms with Gasteiger partial charge in [0, 0.05) is 30.6 Å². The van der Waals surface area contributed by atoms with Crippen LogP contribution in [0.15, 0.2) is 60.9 Å². The SMILES string of the molecule is CNc1nc(-c2cccnc2)nc2c(-c3cccc(F)c3)ccc(OC)c12. The van der Waals surface area contributed by atoms with Gasteiger partial charge in [-0.25, -0.2) is 14.4 Å². The Morgan fingerprint density at radius 3 is 2.56 bits per heavy atom. The van der Waals surface area contributed by atoms with Crippen LogP contribution in [0.4, 0.5) is 10.2 Å². The molecule has 4 aromatic rings. The van der Waals surface area contributed by atoms with E-state index in [0.29, 0.717) is 22.9 Å². The average Bonchev–Trinajstić information content (AvgIpc) is 2.72. The number of aromatic nitrogens is 3. The first kappa shape index (κ1) is 16.9. The summed E-state index contributed by atoms with van der Waals surface area (Å²) in [5.74, 6) is 1.51. The molecule has 0 radical (unpaired) electrons. The van der Waals surface area contributed by atoms with Gasteiger partial charge in [-0.05, 0) is 42.0 Å². The molecule has 0 aliphatic rings. The van der Waals surface area contributed by atoms with Crippen LogP contribution in [0, 0.1) is 5.82 Å². The summed E-state index contributed by atoms with van der Waals surface area (Å²) < 4.78 is 19.3. The summed E-state index contributed by atoms with van der Waals surface area (Å²) in [7, 11) is 3.40. The zero-order valence-electron chi connectivity index (χ0n) is 14.9. The van der Waals surface area contributed by atoms with Crippen molar-refractivity contribution >= 4 is 16.7 Å². The van der Waals surface area contributed by atoms with Gasteiger partial charge >= 0.3 is 0 Å². The Hall–Kier alpha value is -3.54. The predicted molar refractivity (Wildman–Crippen MR) is 104 cm³/mol. The van der Waals surface area contributed by atoms with E-state index in [4.69, 9.17) is 9.72 Å². The van der Waals surface area contributed by atoms with Gasteiger partial charge in [0.25, 0.3) is 0 Å². The van der Waals surface area contributed by atoms with E-state index >= 15 is 0 Å². The lowest BCUT2D eigenvalue weighted by atomic mass is 10.0. The van der Waals surface area contributed by atoms with Gasteiger partial charge in [0.15, 0.2) is 5.82 Å². The molecule has 0 amide bonds. The molecule has 2 aromatic carbocycles. The maximum atomic E-state index is 13.8. The Balaban J connectivity index is 2.07. The van der Waals surface area contributed by atoms with Crippen LogP contribution in [-0.2, 0) is 0 Å². The summed E-state index contributed by atoms with van der Waals surface area (Å²) in [6, 6.07) is 13.9. The van der Waals surface area contributed by atoms with E-state index in [1.54, 1.807) is 32.6 Å². The van der Waals surface area contributed by atoms with Crippen LogP contribution >= 0.6 is 0 Å². The first-order valence-corrected chi connectivity index (χ1v) is 8.44. The van der Waals surface area contributed by atoms with Crippen molar-refractivity contribution in [3.8, 4) is 28.3 Å². The third-order valence-corrected chi connectivity index (χ3v) is 4.32. The van der Waals surface area contributed by atoms with Crippen LogP contribution < -0.4 is 10.1 Å². The van der Waals surface area contributed by atoms with Gasteiger partial charge in [-0.3, -0.25) is 4.98 Å². The molecule has 0 aliphatic carbocycles. The molecule has 5 nitrogen and oxygen atoms in total. The second-order valence-electron chi connectivity index (χ2n) is 5.94. The lowest BCUT2D eigenvalue weighted by molar-refractivity contribution is 0.420. The number of pyridine rings is 1.